The number of benzene rings is 1. The SMILES string of the molecule is C[C@@H](O)c1cc(Br)cc([N+](=O)[O-])c1OCc1nccn1C. The number of ether oxygens (including phenoxy) is 1. The van der Waals surface area contributed by atoms with Crippen molar-refractivity contribution in [3.8, 4) is 5.75 Å². The van der Waals surface area contributed by atoms with Crippen molar-refractivity contribution in [3.63, 3.8) is 0 Å². The third-order valence-electron chi connectivity index (χ3n) is 2.98. The highest BCUT2D eigenvalue weighted by molar-refractivity contribution is 9.10. The highest BCUT2D eigenvalue weighted by atomic mass is 79.9. The van der Waals surface area contributed by atoms with Gasteiger partial charge in [0, 0.05) is 35.5 Å². The molecule has 0 amide bonds. The number of nitro groups is 1. The number of imidazole rings is 1. The molecule has 0 radical (unpaired) electrons. The summed E-state index contributed by atoms with van der Waals surface area (Å²) in [7, 11) is 1.80. The summed E-state index contributed by atoms with van der Waals surface area (Å²) in [6, 6.07) is 2.95. The first-order valence-electron chi connectivity index (χ1n) is 6.15. The molecule has 1 aromatic heterocycles. The molecule has 7 nitrogen and oxygen atoms in total. The van der Waals surface area contributed by atoms with E-state index in [9.17, 15) is 15.2 Å². The van der Waals surface area contributed by atoms with Crippen LogP contribution in [-0.2, 0) is 13.7 Å². The van der Waals surface area contributed by atoms with Gasteiger partial charge >= 0.3 is 5.69 Å². The molecule has 1 heterocycles. The van der Waals surface area contributed by atoms with E-state index in [2.05, 4.69) is 20.9 Å². The molecule has 0 saturated carbocycles. The molecular weight excluding hydrogens is 342 g/mol. The number of nitrogens with zero attached hydrogens (tertiary/aromatic N) is 3. The van der Waals surface area contributed by atoms with Crippen LogP contribution in [0.2, 0.25) is 0 Å². The van der Waals surface area contributed by atoms with Gasteiger partial charge in [0.2, 0.25) is 5.75 Å². The molecule has 8 heteroatoms. The van der Waals surface area contributed by atoms with Gasteiger partial charge in [-0.2, -0.15) is 0 Å². The Bertz CT molecular complexity index is 669. The molecule has 1 aromatic carbocycles. The van der Waals surface area contributed by atoms with Crippen molar-refractivity contribution in [3.05, 3.63) is 50.5 Å². The van der Waals surface area contributed by atoms with Crippen molar-refractivity contribution in [1.82, 2.24) is 9.55 Å². The summed E-state index contributed by atoms with van der Waals surface area (Å²) >= 11 is 3.20. The van der Waals surface area contributed by atoms with Crippen LogP contribution in [0.3, 0.4) is 0 Å². The van der Waals surface area contributed by atoms with Crippen LogP contribution in [0.1, 0.15) is 24.4 Å². The van der Waals surface area contributed by atoms with Crippen molar-refractivity contribution in [1.29, 1.82) is 0 Å². The minimum Gasteiger partial charge on any atom is -0.478 e. The first-order chi connectivity index (χ1) is 9.90. The number of aryl methyl sites for hydroxylation is 1. The summed E-state index contributed by atoms with van der Waals surface area (Å²) in [5.74, 6) is 0.685. The maximum absolute atomic E-state index is 11.2. The maximum atomic E-state index is 11.2. The molecule has 2 aromatic rings. The van der Waals surface area contributed by atoms with Gasteiger partial charge in [0.05, 0.1) is 11.0 Å². The third kappa shape index (κ3) is 3.40. The predicted octanol–water partition coefficient (Wildman–Crippen LogP) is 2.72. The van der Waals surface area contributed by atoms with Gasteiger partial charge in [-0.25, -0.2) is 4.98 Å². The molecule has 0 aliphatic carbocycles. The predicted molar refractivity (Wildman–Crippen MR) is 79.0 cm³/mol. The summed E-state index contributed by atoms with van der Waals surface area (Å²) in [6.45, 7) is 1.60. The van der Waals surface area contributed by atoms with E-state index in [0.717, 1.165) is 0 Å². The largest absolute Gasteiger partial charge is 0.478 e. The van der Waals surface area contributed by atoms with Gasteiger partial charge in [0.1, 0.15) is 12.4 Å². The first kappa shape index (κ1) is 15.5. The number of halogens is 1. The molecule has 112 valence electrons. The van der Waals surface area contributed by atoms with Crippen LogP contribution in [0, 0.1) is 10.1 Å². The molecule has 1 atom stereocenters. The van der Waals surface area contributed by atoms with E-state index in [4.69, 9.17) is 4.74 Å². The second kappa shape index (κ2) is 6.23. The second-order valence-electron chi connectivity index (χ2n) is 4.52. The van der Waals surface area contributed by atoms with Crippen LogP contribution < -0.4 is 4.74 Å². The number of rotatable bonds is 5. The minimum atomic E-state index is -0.891. The monoisotopic (exact) mass is 355 g/mol. The van der Waals surface area contributed by atoms with Crippen molar-refractivity contribution >= 4 is 21.6 Å². The molecular formula is C13H14BrN3O4. The molecule has 2 rings (SSSR count). The maximum Gasteiger partial charge on any atom is 0.312 e. The molecule has 0 aliphatic rings. The van der Waals surface area contributed by atoms with Crippen molar-refractivity contribution in [2.45, 2.75) is 19.6 Å². The van der Waals surface area contributed by atoms with Crippen LogP contribution in [0.15, 0.2) is 29.0 Å². The number of aromatic nitrogens is 2. The number of nitro benzene ring substituents is 1. The number of hydrogen-bond donors (Lipinski definition) is 1. The third-order valence-corrected chi connectivity index (χ3v) is 3.43. The Hall–Kier alpha value is -1.93. The van der Waals surface area contributed by atoms with E-state index in [1.54, 1.807) is 30.1 Å². The standard InChI is InChI=1S/C13H14BrN3O4/c1-8(18)10-5-9(14)6-11(17(19)20)13(10)21-7-12-15-3-4-16(12)2/h3-6,8,18H,7H2,1-2H3/t8-/m1/s1. The van der Waals surface area contributed by atoms with E-state index < -0.39 is 11.0 Å². The second-order valence-corrected chi connectivity index (χ2v) is 5.44. The van der Waals surface area contributed by atoms with Gasteiger partial charge in [-0.3, -0.25) is 10.1 Å². The lowest BCUT2D eigenvalue weighted by Gasteiger charge is -2.14. The summed E-state index contributed by atoms with van der Waals surface area (Å²) in [4.78, 5) is 14.7. The Morgan fingerprint density at radius 2 is 2.29 bits per heavy atom. The lowest BCUT2D eigenvalue weighted by molar-refractivity contribution is -0.386. The highest BCUT2D eigenvalue weighted by Crippen LogP contribution is 2.38. The average Bonchev–Trinajstić information content (AvgIpc) is 2.81. The lowest BCUT2D eigenvalue weighted by Crippen LogP contribution is -2.07. The summed E-state index contributed by atoms with van der Waals surface area (Å²) in [5, 5.41) is 21.0. The Labute approximate surface area is 129 Å². The fraction of sp³-hybridized carbons (Fsp3) is 0.308. The van der Waals surface area contributed by atoms with Gasteiger partial charge in [-0.05, 0) is 13.0 Å². The molecule has 0 saturated heterocycles. The molecule has 0 bridgehead atoms. The normalized spacial score (nSPS) is 12.2. The van der Waals surface area contributed by atoms with Crippen LogP contribution in [0.25, 0.3) is 0 Å². The summed E-state index contributed by atoms with van der Waals surface area (Å²) in [6.07, 6.45) is 2.48. The molecule has 0 aliphatic heterocycles. The Balaban J connectivity index is 2.40. The lowest BCUT2D eigenvalue weighted by atomic mass is 10.1. The highest BCUT2D eigenvalue weighted by Gasteiger charge is 2.23. The molecule has 0 spiro atoms. The molecule has 0 fully saturated rings. The quantitative estimate of drug-likeness (QED) is 0.657. The topological polar surface area (TPSA) is 90.4 Å². The van der Waals surface area contributed by atoms with Gasteiger partial charge in [0.15, 0.2) is 0 Å². The van der Waals surface area contributed by atoms with Gasteiger partial charge < -0.3 is 14.4 Å². The first-order valence-corrected chi connectivity index (χ1v) is 6.94. The zero-order valence-corrected chi connectivity index (χ0v) is 13.1. The van der Waals surface area contributed by atoms with Crippen molar-refractivity contribution in [2.75, 3.05) is 0 Å². The molecule has 0 unspecified atom stereocenters. The van der Waals surface area contributed by atoms with E-state index >= 15 is 0 Å². The van der Waals surface area contributed by atoms with Crippen LogP contribution >= 0.6 is 15.9 Å². The van der Waals surface area contributed by atoms with Crippen LogP contribution in [0.4, 0.5) is 5.69 Å². The van der Waals surface area contributed by atoms with E-state index in [1.807, 2.05) is 0 Å². The van der Waals surface area contributed by atoms with Crippen LogP contribution in [0.5, 0.6) is 5.75 Å². The minimum absolute atomic E-state index is 0.0567. The van der Waals surface area contributed by atoms with E-state index in [1.165, 1.54) is 13.0 Å². The fourth-order valence-corrected chi connectivity index (χ4v) is 2.34. The summed E-state index contributed by atoms with van der Waals surface area (Å²) < 4.78 is 7.83. The smallest absolute Gasteiger partial charge is 0.312 e. The molecule has 21 heavy (non-hydrogen) atoms. The molecule has 1 N–H and O–H groups in total. The number of aliphatic hydroxyl groups excluding tert-OH is 1. The van der Waals surface area contributed by atoms with Gasteiger partial charge in [0.25, 0.3) is 0 Å². The zero-order chi connectivity index (χ0) is 15.6. The fourth-order valence-electron chi connectivity index (χ4n) is 1.88. The average molecular weight is 356 g/mol. The summed E-state index contributed by atoms with van der Waals surface area (Å²) in [5.41, 5.74) is 0.153. The number of aliphatic hydroxyl groups is 1. The number of hydrogen-bond acceptors (Lipinski definition) is 5. The Kier molecular flexibility index (Phi) is 4.59. The van der Waals surface area contributed by atoms with Gasteiger partial charge in [-0.1, -0.05) is 15.9 Å². The Morgan fingerprint density at radius 1 is 1.57 bits per heavy atom. The van der Waals surface area contributed by atoms with Gasteiger partial charge in [-0.15, -0.1) is 0 Å². The zero-order valence-electron chi connectivity index (χ0n) is 11.5. The van der Waals surface area contributed by atoms with Crippen LogP contribution in [-0.4, -0.2) is 19.6 Å². The Morgan fingerprint density at radius 3 is 2.81 bits per heavy atom. The van der Waals surface area contributed by atoms with E-state index in [0.29, 0.717) is 15.9 Å². The van der Waals surface area contributed by atoms with E-state index in [-0.39, 0.29) is 18.0 Å². The van der Waals surface area contributed by atoms with Crippen molar-refractivity contribution in [2.24, 2.45) is 7.05 Å². The van der Waals surface area contributed by atoms with Crippen molar-refractivity contribution < 1.29 is 14.8 Å².